The van der Waals surface area contributed by atoms with E-state index in [4.69, 9.17) is 25.8 Å². The fraction of sp³-hybridized carbons (Fsp3) is 0.500. The lowest BCUT2D eigenvalue weighted by molar-refractivity contribution is -0.145. The third-order valence-electron chi connectivity index (χ3n) is 4.87. The maximum absolute atomic E-state index is 12.9. The van der Waals surface area contributed by atoms with Crippen LogP contribution >= 0.6 is 35.3 Å². The zero-order valence-corrected chi connectivity index (χ0v) is 22.3. The summed E-state index contributed by atoms with van der Waals surface area (Å²) in [6.07, 6.45) is 2.11. The summed E-state index contributed by atoms with van der Waals surface area (Å²) in [6, 6.07) is 8.30. The minimum Gasteiger partial charge on any atom is -0.479 e. The van der Waals surface area contributed by atoms with Crippen molar-refractivity contribution in [1.29, 1.82) is 0 Å². The molecule has 1 aromatic carbocycles. The lowest BCUT2D eigenvalue weighted by Crippen LogP contribution is -2.35. The van der Waals surface area contributed by atoms with Crippen LogP contribution in [-0.2, 0) is 14.3 Å². The highest BCUT2D eigenvalue weighted by Crippen LogP contribution is 2.46. The maximum atomic E-state index is 12.9. The Hall–Kier alpha value is -2.00. The number of hydrogen-bond acceptors (Lipinski definition) is 8. The Kier molecular flexibility index (Phi) is 10.5. The lowest BCUT2D eigenvalue weighted by Gasteiger charge is -2.24. The van der Waals surface area contributed by atoms with E-state index in [0.717, 1.165) is 37.2 Å². The van der Waals surface area contributed by atoms with Crippen LogP contribution in [0.3, 0.4) is 0 Å². The predicted molar refractivity (Wildman–Crippen MR) is 139 cm³/mol. The zero-order chi connectivity index (χ0) is 24.0. The average Bonchev–Trinajstić information content (AvgIpc) is 3.09. The van der Waals surface area contributed by atoms with Crippen LogP contribution in [0, 0.1) is 0 Å². The van der Waals surface area contributed by atoms with Crippen molar-refractivity contribution >= 4 is 53.0 Å². The predicted octanol–water partition coefficient (Wildman–Crippen LogP) is 5.55. The van der Waals surface area contributed by atoms with Crippen molar-refractivity contribution in [3.8, 4) is 16.2 Å². The molecule has 0 amide bonds. The molecule has 1 saturated heterocycles. The third kappa shape index (κ3) is 7.77. The van der Waals surface area contributed by atoms with Gasteiger partial charge in [-0.05, 0) is 71.3 Å². The molecule has 3 rings (SSSR count). The van der Waals surface area contributed by atoms with Crippen LogP contribution in [0.25, 0.3) is 10.4 Å². The first-order valence-corrected chi connectivity index (χ1v) is 12.3. The number of carbonyl (C=O) groups excluding carboxylic acids is 2. The van der Waals surface area contributed by atoms with Crippen molar-refractivity contribution in [1.82, 2.24) is 5.32 Å². The molecule has 188 valence electrons. The highest BCUT2D eigenvalue weighted by atomic mass is 35.5. The summed E-state index contributed by atoms with van der Waals surface area (Å²) in [4.78, 5) is 25.6. The van der Waals surface area contributed by atoms with Gasteiger partial charge in [0.2, 0.25) is 0 Å². The molecule has 1 aliphatic heterocycles. The molecule has 0 bridgehead atoms. The van der Waals surface area contributed by atoms with E-state index in [0.29, 0.717) is 10.9 Å². The number of rotatable bonds is 8. The van der Waals surface area contributed by atoms with Gasteiger partial charge in [-0.1, -0.05) is 23.7 Å². The minimum atomic E-state index is -0.690. The smallest absolute Gasteiger partial charge is 0.352 e. The Morgan fingerprint density at radius 1 is 1.24 bits per heavy atom. The molecule has 34 heavy (non-hydrogen) atoms. The van der Waals surface area contributed by atoms with Crippen molar-refractivity contribution in [2.75, 3.05) is 31.6 Å². The van der Waals surface area contributed by atoms with E-state index in [1.807, 2.05) is 24.3 Å². The van der Waals surface area contributed by atoms with Gasteiger partial charge in [0.25, 0.3) is 0 Å². The molecule has 0 spiro atoms. The molecule has 2 heterocycles. The van der Waals surface area contributed by atoms with E-state index in [9.17, 15) is 9.59 Å². The summed E-state index contributed by atoms with van der Waals surface area (Å²) in [7, 11) is 0. The first kappa shape index (κ1) is 28.2. The first-order chi connectivity index (χ1) is 15.7. The van der Waals surface area contributed by atoms with Gasteiger partial charge in [-0.25, -0.2) is 9.59 Å². The summed E-state index contributed by atoms with van der Waals surface area (Å²) >= 11 is 7.87. The standard InChI is InChI=1S/C24H31ClN2O5S.ClH/c1-5-30-18(28)14-31-20-19(25)21(33-22(20)23(29)32-24(2,3)4)15-7-6-8-17(13-15)27-16-9-11-26-12-10-16;/h6-8,13,16,26-27H,5,9-12,14H2,1-4H3;1H. The molecule has 2 aromatic rings. The summed E-state index contributed by atoms with van der Waals surface area (Å²) in [5, 5.41) is 7.21. The molecule has 0 radical (unpaired) electrons. The number of nitrogens with one attached hydrogen (secondary N) is 2. The SMILES string of the molecule is CCOC(=O)COc1c(C(=O)OC(C)(C)C)sc(-c2cccc(NC3CCNCC3)c2)c1Cl.Cl. The lowest BCUT2D eigenvalue weighted by atomic mass is 10.1. The Morgan fingerprint density at radius 3 is 2.59 bits per heavy atom. The minimum absolute atomic E-state index is 0. The van der Waals surface area contributed by atoms with Crippen molar-refractivity contribution in [2.45, 2.75) is 52.2 Å². The van der Waals surface area contributed by atoms with Crippen molar-refractivity contribution in [3.05, 3.63) is 34.2 Å². The van der Waals surface area contributed by atoms with Crippen LogP contribution in [0.2, 0.25) is 5.02 Å². The number of esters is 2. The second-order valence-corrected chi connectivity index (χ2v) is 10.1. The van der Waals surface area contributed by atoms with E-state index in [1.54, 1.807) is 27.7 Å². The Labute approximate surface area is 215 Å². The van der Waals surface area contributed by atoms with Crippen molar-refractivity contribution in [3.63, 3.8) is 0 Å². The number of hydrogen-bond donors (Lipinski definition) is 2. The van der Waals surface area contributed by atoms with E-state index in [-0.39, 0.29) is 41.3 Å². The van der Waals surface area contributed by atoms with Gasteiger partial charge in [-0.2, -0.15) is 0 Å². The highest BCUT2D eigenvalue weighted by molar-refractivity contribution is 7.18. The van der Waals surface area contributed by atoms with Crippen LogP contribution < -0.4 is 15.4 Å². The zero-order valence-electron chi connectivity index (χ0n) is 19.9. The van der Waals surface area contributed by atoms with E-state index < -0.39 is 17.5 Å². The second kappa shape index (κ2) is 12.6. The molecule has 1 aromatic heterocycles. The van der Waals surface area contributed by atoms with Gasteiger partial charge in [-0.3, -0.25) is 0 Å². The molecule has 0 aliphatic carbocycles. The Morgan fingerprint density at radius 2 is 1.94 bits per heavy atom. The van der Waals surface area contributed by atoms with Crippen LogP contribution in [0.4, 0.5) is 5.69 Å². The summed E-state index contributed by atoms with van der Waals surface area (Å²) in [6.45, 7) is 8.95. The van der Waals surface area contributed by atoms with E-state index in [2.05, 4.69) is 10.6 Å². The van der Waals surface area contributed by atoms with E-state index >= 15 is 0 Å². The topological polar surface area (TPSA) is 85.9 Å². The quantitative estimate of drug-likeness (QED) is 0.432. The fourth-order valence-electron chi connectivity index (χ4n) is 3.46. The van der Waals surface area contributed by atoms with Gasteiger partial charge in [0, 0.05) is 11.7 Å². The molecule has 0 atom stereocenters. The van der Waals surface area contributed by atoms with Crippen molar-refractivity contribution < 1.29 is 23.8 Å². The molecule has 1 fully saturated rings. The number of halogens is 2. The van der Waals surface area contributed by atoms with E-state index in [1.165, 1.54) is 11.3 Å². The molecule has 0 unspecified atom stereocenters. The Balaban J connectivity index is 0.00000408. The van der Waals surface area contributed by atoms with Gasteiger partial charge < -0.3 is 24.8 Å². The molecule has 7 nitrogen and oxygen atoms in total. The molecule has 1 aliphatic rings. The number of thiophene rings is 1. The number of anilines is 1. The summed E-state index contributed by atoms with van der Waals surface area (Å²) < 4.78 is 16.1. The molecule has 2 N–H and O–H groups in total. The second-order valence-electron chi connectivity index (χ2n) is 8.75. The van der Waals surface area contributed by atoms with Gasteiger partial charge in [-0.15, -0.1) is 23.7 Å². The molecular formula is C24H32Cl2N2O5S. The highest BCUT2D eigenvalue weighted by Gasteiger charge is 2.29. The molecule has 10 heteroatoms. The molecule has 0 saturated carbocycles. The van der Waals surface area contributed by atoms with Crippen LogP contribution in [-0.4, -0.2) is 49.9 Å². The van der Waals surface area contributed by atoms with Crippen LogP contribution in [0.1, 0.15) is 50.2 Å². The van der Waals surface area contributed by atoms with Crippen LogP contribution in [0.15, 0.2) is 24.3 Å². The first-order valence-electron chi connectivity index (χ1n) is 11.1. The van der Waals surface area contributed by atoms with Gasteiger partial charge in [0.05, 0.1) is 11.5 Å². The van der Waals surface area contributed by atoms with Crippen molar-refractivity contribution in [2.24, 2.45) is 0 Å². The largest absolute Gasteiger partial charge is 0.479 e. The van der Waals surface area contributed by atoms with Crippen LogP contribution in [0.5, 0.6) is 5.75 Å². The summed E-state index contributed by atoms with van der Waals surface area (Å²) in [5.41, 5.74) is 1.14. The average molecular weight is 532 g/mol. The fourth-order valence-corrected chi connectivity index (χ4v) is 4.90. The molecular weight excluding hydrogens is 499 g/mol. The number of ether oxygens (including phenoxy) is 3. The third-order valence-corrected chi connectivity index (χ3v) is 6.54. The summed E-state index contributed by atoms with van der Waals surface area (Å²) in [5.74, 6) is -0.955. The van der Waals surface area contributed by atoms with Gasteiger partial charge in [0.1, 0.15) is 10.6 Å². The Bertz CT molecular complexity index is 984. The number of benzene rings is 1. The van der Waals surface area contributed by atoms with Gasteiger partial charge in [0.15, 0.2) is 17.2 Å². The number of carbonyl (C=O) groups is 2. The maximum Gasteiger partial charge on any atom is 0.352 e. The monoisotopic (exact) mass is 530 g/mol. The normalized spacial score (nSPS) is 14.1. The number of piperidine rings is 1. The van der Waals surface area contributed by atoms with Gasteiger partial charge >= 0.3 is 11.9 Å².